The predicted molar refractivity (Wildman–Crippen MR) is 100.0 cm³/mol. The Kier molecular flexibility index (Phi) is 5.34. The number of piperidine rings is 1. The molecule has 2 heterocycles. The largest absolute Gasteiger partial charge is 0.384 e. The molecule has 2 aromatic rings. The van der Waals surface area contributed by atoms with Gasteiger partial charge in [-0.1, -0.05) is 37.3 Å². The van der Waals surface area contributed by atoms with E-state index < -0.39 is 0 Å². The Hall–Kier alpha value is -2.10. The summed E-state index contributed by atoms with van der Waals surface area (Å²) in [5.74, 6) is 1.34. The summed E-state index contributed by atoms with van der Waals surface area (Å²) >= 11 is 0. The van der Waals surface area contributed by atoms with Crippen molar-refractivity contribution in [2.45, 2.75) is 45.4 Å². The Morgan fingerprint density at radius 3 is 2.79 bits per heavy atom. The van der Waals surface area contributed by atoms with Gasteiger partial charge in [0.25, 0.3) is 0 Å². The van der Waals surface area contributed by atoms with E-state index in [1.807, 2.05) is 0 Å². The minimum atomic E-state index is 0.376. The number of nitrogens with zero attached hydrogens (tertiary/aromatic N) is 3. The Balaban J connectivity index is 1.63. The van der Waals surface area contributed by atoms with Crippen LogP contribution in [0.1, 0.15) is 44.6 Å². The van der Waals surface area contributed by atoms with Crippen molar-refractivity contribution < 1.29 is 0 Å². The summed E-state index contributed by atoms with van der Waals surface area (Å²) < 4.78 is 0. The molecule has 0 aliphatic carbocycles. The first-order valence-electron chi connectivity index (χ1n) is 9.08. The summed E-state index contributed by atoms with van der Waals surface area (Å²) in [5.41, 5.74) is 7.65. The maximum absolute atomic E-state index is 5.83. The fourth-order valence-corrected chi connectivity index (χ4v) is 3.87. The van der Waals surface area contributed by atoms with Gasteiger partial charge in [0.1, 0.15) is 5.82 Å². The lowest BCUT2D eigenvalue weighted by molar-refractivity contribution is 0.197. The van der Waals surface area contributed by atoms with Crippen molar-refractivity contribution in [1.29, 1.82) is 0 Å². The fraction of sp³-hybridized carbons (Fsp3) is 0.500. The van der Waals surface area contributed by atoms with Gasteiger partial charge in [0.05, 0.1) is 0 Å². The van der Waals surface area contributed by atoms with Crippen molar-refractivity contribution in [2.75, 3.05) is 23.7 Å². The molecule has 4 heteroatoms. The lowest BCUT2D eigenvalue weighted by Crippen LogP contribution is -2.44. The molecule has 1 aliphatic rings. The van der Waals surface area contributed by atoms with Gasteiger partial charge in [0.2, 0.25) is 5.95 Å². The molecule has 1 atom stereocenters. The molecule has 2 N–H and O–H groups in total. The van der Waals surface area contributed by atoms with Crippen LogP contribution in [0.25, 0.3) is 0 Å². The van der Waals surface area contributed by atoms with E-state index in [1.54, 1.807) is 12.3 Å². The number of nitrogens with two attached hydrogens (primary N) is 1. The van der Waals surface area contributed by atoms with E-state index in [-0.39, 0.29) is 0 Å². The van der Waals surface area contributed by atoms with E-state index in [9.17, 15) is 0 Å². The Morgan fingerprint density at radius 2 is 2.04 bits per heavy atom. The molecule has 24 heavy (non-hydrogen) atoms. The topological polar surface area (TPSA) is 55.0 Å². The van der Waals surface area contributed by atoms with Gasteiger partial charge in [-0.15, -0.1) is 0 Å². The Labute approximate surface area is 145 Å². The number of rotatable bonds is 6. The zero-order chi connectivity index (χ0) is 16.8. The van der Waals surface area contributed by atoms with Crippen LogP contribution in [0, 0.1) is 5.41 Å². The number of hydrogen-bond acceptors (Lipinski definition) is 4. The molecule has 0 bridgehead atoms. The number of hydrogen-bond donors (Lipinski definition) is 1. The number of benzene rings is 1. The molecule has 0 radical (unpaired) electrons. The highest BCUT2D eigenvalue weighted by atomic mass is 15.3. The number of aromatic nitrogens is 2. The van der Waals surface area contributed by atoms with Crippen LogP contribution in [0.3, 0.4) is 0 Å². The van der Waals surface area contributed by atoms with Crippen LogP contribution in [0.4, 0.5) is 11.8 Å². The van der Waals surface area contributed by atoms with Gasteiger partial charge in [0.15, 0.2) is 0 Å². The second kappa shape index (κ2) is 7.65. The van der Waals surface area contributed by atoms with E-state index in [2.05, 4.69) is 52.1 Å². The van der Waals surface area contributed by atoms with Gasteiger partial charge in [-0.3, -0.25) is 0 Å². The van der Waals surface area contributed by atoms with Gasteiger partial charge >= 0.3 is 0 Å². The summed E-state index contributed by atoms with van der Waals surface area (Å²) in [6.07, 6.45) is 9.14. The monoisotopic (exact) mass is 324 g/mol. The van der Waals surface area contributed by atoms with Crippen molar-refractivity contribution in [2.24, 2.45) is 5.41 Å². The maximum Gasteiger partial charge on any atom is 0.227 e. The molecule has 1 aliphatic heterocycles. The third-order valence-corrected chi connectivity index (χ3v) is 5.37. The van der Waals surface area contributed by atoms with Crippen molar-refractivity contribution in [3.63, 3.8) is 0 Å². The normalized spacial score (nSPS) is 21.0. The lowest BCUT2D eigenvalue weighted by atomic mass is 9.74. The molecule has 3 rings (SSSR count). The van der Waals surface area contributed by atoms with Gasteiger partial charge < -0.3 is 10.6 Å². The molecule has 0 amide bonds. The molecule has 1 fully saturated rings. The molecule has 0 spiro atoms. The molecule has 4 nitrogen and oxygen atoms in total. The Bertz CT molecular complexity index is 643. The molecule has 1 saturated heterocycles. The van der Waals surface area contributed by atoms with Crippen LogP contribution in [0.2, 0.25) is 0 Å². The molecular formula is C20H28N4. The zero-order valence-corrected chi connectivity index (χ0v) is 14.6. The second-order valence-electron chi connectivity index (χ2n) is 7.00. The molecule has 1 unspecified atom stereocenters. The molecule has 0 saturated carbocycles. The SMILES string of the molecule is CCC1(CCCc2ccccc2)CCCN(c2nccc(N)n2)C1. The van der Waals surface area contributed by atoms with Gasteiger partial charge in [-0.25, -0.2) is 4.98 Å². The van der Waals surface area contributed by atoms with Crippen LogP contribution in [-0.4, -0.2) is 23.1 Å². The van der Waals surface area contributed by atoms with Crippen LogP contribution < -0.4 is 10.6 Å². The van der Waals surface area contributed by atoms with E-state index >= 15 is 0 Å². The highest BCUT2D eigenvalue weighted by molar-refractivity contribution is 5.38. The number of nitrogen functional groups attached to an aromatic ring is 1. The fourth-order valence-electron chi connectivity index (χ4n) is 3.87. The highest BCUT2D eigenvalue weighted by Crippen LogP contribution is 2.39. The van der Waals surface area contributed by atoms with Crippen LogP contribution in [-0.2, 0) is 6.42 Å². The standard InChI is InChI=1S/C20H28N4/c1-2-20(12-6-10-17-8-4-3-5-9-17)13-7-15-24(16-20)19-22-14-11-18(21)23-19/h3-5,8-9,11,14H,2,6-7,10,12-13,15-16H2,1H3,(H2,21,22,23). The summed E-state index contributed by atoms with van der Waals surface area (Å²) in [7, 11) is 0. The third kappa shape index (κ3) is 4.05. The molecular weight excluding hydrogens is 296 g/mol. The van der Waals surface area contributed by atoms with Crippen LogP contribution >= 0.6 is 0 Å². The van der Waals surface area contributed by atoms with Crippen LogP contribution in [0.5, 0.6) is 0 Å². The summed E-state index contributed by atoms with van der Waals surface area (Å²) in [5, 5.41) is 0. The first-order chi connectivity index (χ1) is 11.7. The molecule has 128 valence electrons. The van der Waals surface area contributed by atoms with E-state index in [0.717, 1.165) is 25.5 Å². The van der Waals surface area contributed by atoms with Crippen molar-refractivity contribution in [3.8, 4) is 0 Å². The van der Waals surface area contributed by atoms with E-state index in [0.29, 0.717) is 11.2 Å². The smallest absolute Gasteiger partial charge is 0.227 e. The zero-order valence-electron chi connectivity index (χ0n) is 14.6. The van der Waals surface area contributed by atoms with Crippen LogP contribution in [0.15, 0.2) is 42.6 Å². The van der Waals surface area contributed by atoms with Crippen molar-refractivity contribution >= 4 is 11.8 Å². The van der Waals surface area contributed by atoms with Gasteiger partial charge in [-0.05, 0) is 55.6 Å². The van der Waals surface area contributed by atoms with E-state index in [1.165, 1.54) is 37.7 Å². The molecule has 1 aromatic carbocycles. The maximum atomic E-state index is 5.83. The predicted octanol–water partition coefficient (Wildman–Crippen LogP) is 4.08. The minimum absolute atomic E-state index is 0.376. The number of aryl methyl sites for hydroxylation is 1. The average Bonchev–Trinajstić information content (AvgIpc) is 2.63. The number of anilines is 2. The average molecular weight is 324 g/mol. The van der Waals surface area contributed by atoms with Crippen molar-refractivity contribution in [1.82, 2.24) is 9.97 Å². The summed E-state index contributed by atoms with van der Waals surface area (Å²) in [4.78, 5) is 11.2. The first kappa shape index (κ1) is 16.7. The quantitative estimate of drug-likeness (QED) is 0.870. The van der Waals surface area contributed by atoms with Crippen molar-refractivity contribution in [3.05, 3.63) is 48.2 Å². The Morgan fingerprint density at radius 1 is 1.21 bits per heavy atom. The van der Waals surface area contributed by atoms with Gasteiger partial charge in [0, 0.05) is 19.3 Å². The first-order valence-corrected chi connectivity index (χ1v) is 9.08. The lowest BCUT2D eigenvalue weighted by Gasteiger charge is -2.42. The highest BCUT2D eigenvalue weighted by Gasteiger charge is 2.34. The summed E-state index contributed by atoms with van der Waals surface area (Å²) in [6.45, 7) is 4.40. The summed E-state index contributed by atoms with van der Waals surface area (Å²) in [6, 6.07) is 12.6. The van der Waals surface area contributed by atoms with Gasteiger partial charge in [-0.2, -0.15) is 4.98 Å². The molecule has 1 aromatic heterocycles. The second-order valence-corrected chi connectivity index (χ2v) is 7.00. The van der Waals surface area contributed by atoms with E-state index in [4.69, 9.17) is 5.73 Å². The third-order valence-electron chi connectivity index (χ3n) is 5.37. The minimum Gasteiger partial charge on any atom is -0.384 e.